The fourth-order valence-electron chi connectivity index (χ4n) is 4.16. The summed E-state index contributed by atoms with van der Waals surface area (Å²) < 4.78 is 11.6. The molecule has 0 amide bonds. The lowest BCUT2D eigenvalue weighted by atomic mass is 10.0. The van der Waals surface area contributed by atoms with Gasteiger partial charge in [0.05, 0.1) is 13.2 Å². The van der Waals surface area contributed by atoms with E-state index in [9.17, 15) is 0 Å². The first-order valence-corrected chi connectivity index (χ1v) is 9.73. The third-order valence-corrected chi connectivity index (χ3v) is 5.73. The first-order chi connectivity index (χ1) is 13.3. The minimum Gasteiger partial charge on any atom is -0.380 e. The van der Waals surface area contributed by atoms with Crippen molar-refractivity contribution >= 4 is 22.6 Å². The van der Waals surface area contributed by atoms with Crippen molar-refractivity contribution in [3.05, 3.63) is 60.3 Å². The van der Waals surface area contributed by atoms with Gasteiger partial charge in [0, 0.05) is 61.3 Å². The van der Waals surface area contributed by atoms with Crippen LogP contribution in [0.2, 0.25) is 0 Å². The molecule has 2 fully saturated rings. The highest BCUT2D eigenvalue weighted by Gasteiger charge is 2.39. The molecule has 5 nitrogen and oxygen atoms in total. The van der Waals surface area contributed by atoms with E-state index in [0.29, 0.717) is 0 Å². The summed E-state index contributed by atoms with van der Waals surface area (Å²) in [5, 5.41) is 6.86. The Morgan fingerprint density at radius 2 is 1.70 bits per heavy atom. The number of ether oxygens (including phenoxy) is 2. The van der Waals surface area contributed by atoms with Gasteiger partial charge in [-0.15, -0.1) is 0 Å². The number of benzene rings is 2. The van der Waals surface area contributed by atoms with Crippen LogP contribution in [0.4, 0.5) is 17.1 Å². The number of hydrogen-bond acceptors (Lipinski definition) is 5. The number of nitrogens with one attached hydrogen (secondary N) is 2. The van der Waals surface area contributed by atoms with E-state index < -0.39 is 0 Å². The van der Waals surface area contributed by atoms with E-state index in [1.54, 1.807) is 0 Å². The van der Waals surface area contributed by atoms with Gasteiger partial charge in [-0.05, 0) is 35.9 Å². The molecule has 0 atom stereocenters. The predicted octanol–water partition coefficient (Wildman–Crippen LogP) is 3.91. The van der Waals surface area contributed by atoms with Crippen LogP contribution in [0.25, 0.3) is 5.57 Å². The number of piperidine rings is 1. The second-order valence-electron chi connectivity index (χ2n) is 7.35. The van der Waals surface area contributed by atoms with Gasteiger partial charge in [-0.3, -0.25) is 0 Å². The Balaban J connectivity index is 1.22. The molecular formula is C22H25N3O2. The number of para-hydroxylation sites is 1. The first-order valence-electron chi connectivity index (χ1n) is 9.73. The Kier molecular flexibility index (Phi) is 4.26. The van der Waals surface area contributed by atoms with E-state index in [-0.39, 0.29) is 5.79 Å². The lowest BCUT2D eigenvalue weighted by molar-refractivity contribution is -0.169. The number of anilines is 3. The van der Waals surface area contributed by atoms with Crippen LogP contribution in [0.3, 0.4) is 0 Å². The highest BCUT2D eigenvalue weighted by Crippen LogP contribution is 2.34. The molecule has 1 spiro atoms. The van der Waals surface area contributed by atoms with Crippen LogP contribution in [0.1, 0.15) is 18.4 Å². The van der Waals surface area contributed by atoms with Gasteiger partial charge in [-0.2, -0.15) is 0 Å². The van der Waals surface area contributed by atoms with Crippen molar-refractivity contribution in [1.82, 2.24) is 0 Å². The highest BCUT2D eigenvalue weighted by molar-refractivity contribution is 5.85. The average Bonchev–Trinajstić information content (AvgIpc) is 3.35. The first kappa shape index (κ1) is 16.7. The largest absolute Gasteiger partial charge is 0.380 e. The quantitative estimate of drug-likeness (QED) is 0.866. The molecule has 0 bridgehead atoms. The Bertz CT molecular complexity index is 831. The fraction of sp³-hybridized carbons (Fsp3) is 0.364. The molecule has 3 heterocycles. The predicted molar refractivity (Wildman–Crippen MR) is 109 cm³/mol. The molecule has 2 aromatic carbocycles. The monoisotopic (exact) mass is 363 g/mol. The minimum absolute atomic E-state index is 0.310. The van der Waals surface area contributed by atoms with E-state index in [2.05, 4.69) is 70.3 Å². The highest BCUT2D eigenvalue weighted by atomic mass is 16.7. The number of fused-ring (bicyclic) bond motifs is 1. The molecule has 0 aliphatic carbocycles. The van der Waals surface area contributed by atoms with Crippen LogP contribution < -0.4 is 15.5 Å². The lowest BCUT2D eigenvalue weighted by Crippen LogP contribution is -2.45. The van der Waals surface area contributed by atoms with Gasteiger partial charge >= 0.3 is 0 Å². The standard InChI is InChI=1S/C22H25N3O2/c1-2-4-21-20(3-1)17(16-24-21)15-23-18-5-7-19(8-6-18)25-11-9-22(10-12-25)26-13-14-27-22/h1-8,15,23-24H,9-14,16H2/b17-15-. The fourth-order valence-corrected chi connectivity index (χ4v) is 4.16. The van der Waals surface area contributed by atoms with Crippen molar-refractivity contribution in [3.63, 3.8) is 0 Å². The van der Waals surface area contributed by atoms with E-state index >= 15 is 0 Å². The Labute approximate surface area is 160 Å². The molecular weight excluding hydrogens is 338 g/mol. The van der Waals surface area contributed by atoms with Gasteiger partial charge in [-0.25, -0.2) is 0 Å². The maximum atomic E-state index is 5.82. The zero-order valence-electron chi connectivity index (χ0n) is 15.4. The maximum absolute atomic E-state index is 5.82. The summed E-state index contributed by atoms with van der Waals surface area (Å²) in [6.07, 6.45) is 3.98. The lowest BCUT2D eigenvalue weighted by Gasteiger charge is -2.38. The topological polar surface area (TPSA) is 45.8 Å². The van der Waals surface area contributed by atoms with Crippen LogP contribution in [0, 0.1) is 0 Å². The summed E-state index contributed by atoms with van der Waals surface area (Å²) >= 11 is 0. The molecule has 2 saturated heterocycles. The van der Waals surface area contributed by atoms with Crippen LogP contribution in [-0.2, 0) is 9.47 Å². The molecule has 27 heavy (non-hydrogen) atoms. The van der Waals surface area contributed by atoms with Gasteiger partial charge in [0.1, 0.15) is 0 Å². The average molecular weight is 363 g/mol. The molecule has 140 valence electrons. The molecule has 3 aliphatic rings. The summed E-state index contributed by atoms with van der Waals surface area (Å²) in [7, 11) is 0. The van der Waals surface area contributed by atoms with Crippen LogP contribution in [-0.4, -0.2) is 38.6 Å². The Morgan fingerprint density at radius 1 is 0.963 bits per heavy atom. The molecule has 0 radical (unpaired) electrons. The SMILES string of the molecule is C(/Nc1ccc(N2CCC3(CC2)OCCO3)cc1)=C1\CNc2ccccc21. The smallest absolute Gasteiger partial charge is 0.171 e. The molecule has 0 saturated carbocycles. The van der Waals surface area contributed by atoms with Gasteiger partial charge < -0.3 is 25.0 Å². The normalized spacial score (nSPS) is 22.1. The van der Waals surface area contributed by atoms with Crippen molar-refractivity contribution in [2.45, 2.75) is 18.6 Å². The molecule has 3 aliphatic heterocycles. The third kappa shape index (κ3) is 3.29. The minimum atomic E-state index is -0.310. The van der Waals surface area contributed by atoms with Crippen molar-refractivity contribution in [3.8, 4) is 0 Å². The molecule has 2 N–H and O–H groups in total. The summed E-state index contributed by atoms with van der Waals surface area (Å²) in [6, 6.07) is 17.1. The summed E-state index contributed by atoms with van der Waals surface area (Å²) in [5.74, 6) is -0.310. The zero-order chi connectivity index (χ0) is 18.1. The van der Waals surface area contributed by atoms with Gasteiger partial charge in [0.2, 0.25) is 0 Å². The molecule has 0 aromatic heterocycles. The maximum Gasteiger partial charge on any atom is 0.171 e. The van der Waals surface area contributed by atoms with Gasteiger partial charge in [0.15, 0.2) is 5.79 Å². The second kappa shape index (κ2) is 6.91. The van der Waals surface area contributed by atoms with Crippen LogP contribution in [0.5, 0.6) is 0 Å². The van der Waals surface area contributed by atoms with Crippen molar-refractivity contribution in [1.29, 1.82) is 0 Å². The zero-order valence-corrected chi connectivity index (χ0v) is 15.4. The van der Waals surface area contributed by atoms with Gasteiger partial charge in [0.25, 0.3) is 0 Å². The summed E-state index contributed by atoms with van der Waals surface area (Å²) in [6.45, 7) is 4.27. The van der Waals surface area contributed by atoms with E-state index in [1.807, 2.05) is 0 Å². The van der Waals surface area contributed by atoms with Gasteiger partial charge in [-0.1, -0.05) is 18.2 Å². The Morgan fingerprint density at radius 3 is 2.48 bits per heavy atom. The van der Waals surface area contributed by atoms with Crippen LogP contribution >= 0.6 is 0 Å². The molecule has 0 unspecified atom stereocenters. The molecule has 5 rings (SSSR count). The number of nitrogens with zero attached hydrogens (tertiary/aromatic N) is 1. The van der Waals surface area contributed by atoms with Crippen molar-refractivity contribution in [2.75, 3.05) is 48.4 Å². The number of hydrogen-bond donors (Lipinski definition) is 2. The number of rotatable bonds is 3. The summed E-state index contributed by atoms with van der Waals surface area (Å²) in [5.41, 5.74) is 6.13. The van der Waals surface area contributed by atoms with E-state index in [1.165, 1.54) is 22.5 Å². The van der Waals surface area contributed by atoms with Crippen LogP contribution in [0.15, 0.2) is 54.7 Å². The van der Waals surface area contributed by atoms with Crippen molar-refractivity contribution in [2.24, 2.45) is 0 Å². The summed E-state index contributed by atoms with van der Waals surface area (Å²) in [4.78, 5) is 2.41. The molecule has 2 aromatic rings. The second-order valence-corrected chi connectivity index (χ2v) is 7.35. The van der Waals surface area contributed by atoms with E-state index in [4.69, 9.17) is 9.47 Å². The van der Waals surface area contributed by atoms with E-state index in [0.717, 1.165) is 51.4 Å². The third-order valence-electron chi connectivity index (χ3n) is 5.73. The molecule has 5 heteroatoms. The van der Waals surface area contributed by atoms with Crippen molar-refractivity contribution < 1.29 is 9.47 Å². The Hall–Kier alpha value is -2.50.